The lowest BCUT2D eigenvalue weighted by Gasteiger charge is -2.19. The fourth-order valence-electron chi connectivity index (χ4n) is 3.21. The third-order valence-corrected chi connectivity index (χ3v) is 4.49. The van der Waals surface area contributed by atoms with E-state index in [9.17, 15) is 5.11 Å². The summed E-state index contributed by atoms with van der Waals surface area (Å²) < 4.78 is 2.04. The molecule has 0 saturated carbocycles. The van der Waals surface area contributed by atoms with Gasteiger partial charge in [-0.3, -0.25) is 9.58 Å². The summed E-state index contributed by atoms with van der Waals surface area (Å²) >= 11 is 0. The van der Waals surface area contributed by atoms with E-state index in [0.717, 1.165) is 55.5 Å². The number of hydrogen-bond donors (Lipinski definition) is 1. The zero-order valence-corrected chi connectivity index (χ0v) is 16.1. The van der Waals surface area contributed by atoms with Crippen molar-refractivity contribution in [2.75, 3.05) is 46.2 Å². The van der Waals surface area contributed by atoms with Gasteiger partial charge in [0.25, 0.3) is 0 Å². The summed E-state index contributed by atoms with van der Waals surface area (Å²) in [5, 5.41) is 15.0. The third-order valence-electron chi connectivity index (χ3n) is 4.49. The van der Waals surface area contributed by atoms with Crippen molar-refractivity contribution >= 4 is 5.95 Å². The molecule has 0 amide bonds. The Morgan fingerprint density at radius 2 is 1.88 bits per heavy atom. The fraction of sp³-hybridized carbons (Fsp3) is 0.611. The Kier molecular flexibility index (Phi) is 5.85. The first-order valence-electron chi connectivity index (χ1n) is 9.02. The average molecular weight is 359 g/mol. The number of rotatable bonds is 6. The van der Waals surface area contributed by atoms with Gasteiger partial charge in [0.2, 0.25) is 5.95 Å². The average Bonchev–Trinajstić information content (AvgIpc) is 2.88. The molecule has 8 heteroatoms. The number of aryl methyl sites for hydroxylation is 1. The van der Waals surface area contributed by atoms with Gasteiger partial charge in [-0.05, 0) is 26.6 Å². The van der Waals surface area contributed by atoms with Gasteiger partial charge in [-0.15, -0.1) is 0 Å². The van der Waals surface area contributed by atoms with Crippen LogP contribution in [-0.2, 0) is 19.6 Å². The summed E-state index contributed by atoms with van der Waals surface area (Å²) in [6.07, 6.45) is 4.28. The minimum Gasteiger partial charge on any atom is -0.385 e. The van der Waals surface area contributed by atoms with Gasteiger partial charge in [-0.25, -0.2) is 9.97 Å². The SMILES string of the molecule is CN(C)C[C@H](O)c1cc2n(n1)CCCN(Cc1cnc(N(C)C)nc1)C2. The summed E-state index contributed by atoms with van der Waals surface area (Å²) in [7, 11) is 7.78. The molecule has 0 aliphatic carbocycles. The van der Waals surface area contributed by atoms with Crippen molar-refractivity contribution in [3.8, 4) is 0 Å². The van der Waals surface area contributed by atoms with Gasteiger partial charge in [0.05, 0.1) is 11.4 Å². The first-order chi connectivity index (χ1) is 12.4. The number of fused-ring (bicyclic) bond motifs is 1. The number of likely N-dealkylation sites (N-methyl/N-ethyl adjacent to an activating group) is 1. The minimum atomic E-state index is -0.551. The van der Waals surface area contributed by atoms with Crippen LogP contribution in [0.25, 0.3) is 0 Å². The molecule has 3 heterocycles. The predicted molar refractivity (Wildman–Crippen MR) is 101 cm³/mol. The Balaban J connectivity index is 1.68. The molecule has 1 aliphatic rings. The molecule has 142 valence electrons. The van der Waals surface area contributed by atoms with Crippen molar-refractivity contribution in [1.82, 2.24) is 29.5 Å². The quantitative estimate of drug-likeness (QED) is 0.815. The molecule has 0 saturated heterocycles. The van der Waals surface area contributed by atoms with Crippen molar-refractivity contribution in [2.45, 2.75) is 32.2 Å². The molecule has 3 rings (SSSR count). The van der Waals surface area contributed by atoms with Crippen molar-refractivity contribution < 1.29 is 5.11 Å². The van der Waals surface area contributed by atoms with Gasteiger partial charge < -0.3 is 14.9 Å². The van der Waals surface area contributed by atoms with Crippen molar-refractivity contribution in [2.24, 2.45) is 0 Å². The normalized spacial score (nSPS) is 16.4. The van der Waals surface area contributed by atoms with E-state index in [4.69, 9.17) is 0 Å². The molecular formula is C18H29N7O. The van der Waals surface area contributed by atoms with Gasteiger partial charge in [0.1, 0.15) is 6.10 Å². The number of aromatic nitrogens is 4. The van der Waals surface area contributed by atoms with Crippen LogP contribution in [0.3, 0.4) is 0 Å². The first kappa shape index (κ1) is 18.8. The summed E-state index contributed by atoms with van der Waals surface area (Å²) in [5.74, 6) is 0.724. The summed E-state index contributed by atoms with van der Waals surface area (Å²) in [6.45, 7) is 4.10. The lowest BCUT2D eigenvalue weighted by Crippen LogP contribution is -2.23. The molecule has 1 atom stereocenters. The van der Waals surface area contributed by atoms with Crippen molar-refractivity contribution in [3.05, 3.63) is 35.4 Å². The molecule has 0 radical (unpaired) electrons. The lowest BCUT2D eigenvalue weighted by molar-refractivity contribution is 0.133. The van der Waals surface area contributed by atoms with E-state index in [-0.39, 0.29) is 0 Å². The van der Waals surface area contributed by atoms with E-state index in [2.05, 4.69) is 20.0 Å². The molecule has 0 bridgehead atoms. The van der Waals surface area contributed by atoms with Gasteiger partial charge in [0, 0.05) is 64.8 Å². The largest absolute Gasteiger partial charge is 0.385 e. The zero-order chi connectivity index (χ0) is 18.7. The highest BCUT2D eigenvalue weighted by Gasteiger charge is 2.20. The minimum absolute atomic E-state index is 0.551. The van der Waals surface area contributed by atoms with Crippen LogP contribution in [0.15, 0.2) is 18.5 Å². The maximum Gasteiger partial charge on any atom is 0.224 e. The van der Waals surface area contributed by atoms with E-state index < -0.39 is 6.10 Å². The van der Waals surface area contributed by atoms with E-state index in [1.807, 2.05) is 61.1 Å². The monoisotopic (exact) mass is 359 g/mol. The molecular weight excluding hydrogens is 330 g/mol. The van der Waals surface area contributed by atoms with E-state index in [1.165, 1.54) is 0 Å². The van der Waals surface area contributed by atoms with Crippen molar-refractivity contribution in [1.29, 1.82) is 0 Å². The summed E-state index contributed by atoms with van der Waals surface area (Å²) in [4.78, 5) is 15.1. The highest BCUT2D eigenvalue weighted by atomic mass is 16.3. The maximum atomic E-state index is 10.3. The Bertz CT molecular complexity index is 711. The molecule has 2 aromatic heterocycles. The Morgan fingerprint density at radius 1 is 1.15 bits per heavy atom. The second kappa shape index (κ2) is 8.11. The summed E-state index contributed by atoms with van der Waals surface area (Å²) in [5.41, 5.74) is 3.02. The third kappa shape index (κ3) is 4.57. The highest BCUT2D eigenvalue weighted by Crippen LogP contribution is 2.20. The zero-order valence-electron chi connectivity index (χ0n) is 16.1. The number of aliphatic hydroxyl groups excluding tert-OH is 1. The Labute approximate surface area is 155 Å². The molecule has 0 unspecified atom stereocenters. The topological polar surface area (TPSA) is 73.6 Å². The maximum absolute atomic E-state index is 10.3. The van der Waals surface area contributed by atoms with E-state index in [0.29, 0.717) is 6.54 Å². The van der Waals surface area contributed by atoms with Crippen LogP contribution in [0.5, 0.6) is 0 Å². The van der Waals surface area contributed by atoms with Gasteiger partial charge in [-0.1, -0.05) is 0 Å². The van der Waals surface area contributed by atoms with E-state index >= 15 is 0 Å². The van der Waals surface area contributed by atoms with Crippen LogP contribution in [0.2, 0.25) is 0 Å². The van der Waals surface area contributed by atoms with Crippen LogP contribution in [-0.4, -0.2) is 75.9 Å². The number of nitrogens with zero attached hydrogens (tertiary/aromatic N) is 7. The highest BCUT2D eigenvalue weighted by molar-refractivity contribution is 5.26. The molecule has 26 heavy (non-hydrogen) atoms. The number of aliphatic hydroxyl groups is 1. The Morgan fingerprint density at radius 3 is 2.54 bits per heavy atom. The molecule has 8 nitrogen and oxygen atoms in total. The standard InChI is InChI=1S/C18H29N7O/c1-22(2)13-17(26)16-8-15-12-24(6-5-7-25(15)21-16)11-14-9-19-18(20-10-14)23(3)4/h8-10,17,26H,5-7,11-13H2,1-4H3/t17-/m0/s1. The first-order valence-corrected chi connectivity index (χ1v) is 9.02. The fourth-order valence-corrected chi connectivity index (χ4v) is 3.21. The molecule has 0 spiro atoms. The van der Waals surface area contributed by atoms with E-state index in [1.54, 1.807) is 0 Å². The molecule has 1 aliphatic heterocycles. The van der Waals surface area contributed by atoms with Gasteiger partial charge in [0.15, 0.2) is 0 Å². The lowest BCUT2D eigenvalue weighted by atomic mass is 10.2. The van der Waals surface area contributed by atoms with Gasteiger partial charge >= 0.3 is 0 Å². The number of anilines is 1. The van der Waals surface area contributed by atoms with Crippen molar-refractivity contribution in [3.63, 3.8) is 0 Å². The molecule has 0 fully saturated rings. The smallest absolute Gasteiger partial charge is 0.224 e. The predicted octanol–water partition coefficient (Wildman–Crippen LogP) is 0.740. The molecule has 2 aromatic rings. The van der Waals surface area contributed by atoms with Gasteiger partial charge in [-0.2, -0.15) is 5.10 Å². The van der Waals surface area contributed by atoms with Crippen LogP contribution in [0.4, 0.5) is 5.95 Å². The van der Waals surface area contributed by atoms with Crippen LogP contribution in [0.1, 0.15) is 29.5 Å². The molecule has 0 aromatic carbocycles. The Hall–Kier alpha value is -2.03. The van der Waals surface area contributed by atoms with Crippen LogP contribution < -0.4 is 4.90 Å². The second-order valence-electron chi connectivity index (χ2n) is 7.41. The summed E-state index contributed by atoms with van der Waals surface area (Å²) in [6, 6.07) is 2.04. The number of hydrogen-bond acceptors (Lipinski definition) is 7. The second-order valence-corrected chi connectivity index (χ2v) is 7.41. The van der Waals surface area contributed by atoms with Crippen LogP contribution in [0, 0.1) is 0 Å². The molecule has 1 N–H and O–H groups in total. The van der Waals surface area contributed by atoms with Crippen LogP contribution >= 0.6 is 0 Å².